The average molecular weight is 249 g/mol. The van der Waals surface area contributed by atoms with Gasteiger partial charge in [0.05, 0.1) is 14.2 Å². The third kappa shape index (κ3) is 2.94. The van der Waals surface area contributed by atoms with Gasteiger partial charge < -0.3 is 9.47 Å². The van der Waals surface area contributed by atoms with Gasteiger partial charge in [-0.05, 0) is 24.1 Å². The highest BCUT2D eigenvalue weighted by Crippen LogP contribution is 2.28. The topological polar surface area (TPSA) is 35.8 Å². The lowest BCUT2D eigenvalue weighted by atomic mass is 10.1. The van der Waals surface area contributed by atoms with Crippen LogP contribution in [0.3, 0.4) is 0 Å². The molecule has 0 unspecified atom stereocenters. The highest BCUT2D eigenvalue weighted by Gasteiger charge is 2.14. The lowest BCUT2D eigenvalue weighted by molar-refractivity contribution is 0.229. The highest BCUT2D eigenvalue weighted by atomic mass is 16.5. The van der Waals surface area contributed by atoms with Gasteiger partial charge in [-0.25, -0.2) is 5.32 Å². The number of ether oxygens (including phenoxy) is 2. The Morgan fingerprint density at radius 2 is 1.89 bits per heavy atom. The van der Waals surface area contributed by atoms with Crippen LogP contribution in [0.1, 0.15) is 11.1 Å². The lowest BCUT2D eigenvalue weighted by Crippen LogP contribution is -2.39. The van der Waals surface area contributed by atoms with E-state index in [1.165, 1.54) is 11.1 Å². The van der Waals surface area contributed by atoms with Crippen molar-refractivity contribution in [3.05, 3.63) is 23.3 Å². The van der Waals surface area contributed by atoms with Gasteiger partial charge in [0.1, 0.15) is 11.5 Å². The fourth-order valence-corrected chi connectivity index (χ4v) is 2.26. The fourth-order valence-electron chi connectivity index (χ4n) is 2.26. The van der Waals surface area contributed by atoms with Gasteiger partial charge in [-0.15, -0.1) is 0 Å². The van der Waals surface area contributed by atoms with Crippen molar-refractivity contribution in [1.82, 2.24) is 10.2 Å². The number of methoxy groups -OCH3 is 2. The molecule has 18 heavy (non-hydrogen) atoms. The molecule has 4 nitrogen and oxygen atoms in total. The van der Waals surface area contributed by atoms with E-state index in [4.69, 9.17) is 9.47 Å². The van der Waals surface area contributed by atoms with Crippen molar-refractivity contribution in [3.63, 3.8) is 0 Å². The van der Waals surface area contributed by atoms with E-state index >= 15 is 0 Å². The molecule has 1 aromatic rings. The molecule has 0 spiro atoms. The van der Waals surface area contributed by atoms with Gasteiger partial charge in [0, 0.05) is 38.8 Å². The van der Waals surface area contributed by atoms with Crippen molar-refractivity contribution in [2.24, 2.45) is 0 Å². The summed E-state index contributed by atoms with van der Waals surface area (Å²) in [5.74, 6) is 1.75. The molecule has 4 heteroatoms. The summed E-state index contributed by atoms with van der Waals surface area (Å²) in [5.41, 5.74) is 2.47. The molecule has 2 rings (SSSR count). The molecule has 1 aliphatic heterocycles. The molecule has 0 saturated carbocycles. The minimum Gasteiger partial charge on any atom is -0.497 e. The Hall–Kier alpha value is -1.26. The van der Waals surface area contributed by atoms with Crippen LogP contribution in [0.25, 0.3) is 0 Å². The summed E-state index contributed by atoms with van der Waals surface area (Å²) >= 11 is 0. The summed E-state index contributed by atoms with van der Waals surface area (Å²) in [6.45, 7) is 7.01. The summed E-state index contributed by atoms with van der Waals surface area (Å²) in [6, 6.07) is 4.04. The van der Waals surface area contributed by atoms with Gasteiger partial charge in [0.2, 0.25) is 0 Å². The molecule has 1 radical (unpaired) electrons. The summed E-state index contributed by atoms with van der Waals surface area (Å²) in [4.78, 5) is 2.42. The van der Waals surface area contributed by atoms with Crippen LogP contribution in [0.5, 0.6) is 11.5 Å². The van der Waals surface area contributed by atoms with Crippen LogP contribution in [0.4, 0.5) is 0 Å². The molecule has 1 heterocycles. The first-order valence-corrected chi connectivity index (χ1v) is 6.31. The maximum Gasteiger partial charge on any atom is 0.125 e. The molecular formula is C14H21N2O2. The zero-order valence-corrected chi connectivity index (χ0v) is 11.4. The minimum absolute atomic E-state index is 0.856. The first-order valence-electron chi connectivity index (χ1n) is 6.31. The van der Waals surface area contributed by atoms with Crippen LogP contribution in [0.15, 0.2) is 12.1 Å². The van der Waals surface area contributed by atoms with Crippen molar-refractivity contribution in [2.75, 3.05) is 40.4 Å². The van der Waals surface area contributed by atoms with E-state index < -0.39 is 0 Å². The maximum atomic E-state index is 5.40. The molecule has 1 aliphatic rings. The minimum atomic E-state index is 0.856. The molecule has 1 fully saturated rings. The van der Waals surface area contributed by atoms with Crippen LogP contribution in [-0.2, 0) is 6.54 Å². The summed E-state index contributed by atoms with van der Waals surface area (Å²) < 4.78 is 10.7. The molecule has 0 amide bonds. The van der Waals surface area contributed by atoms with E-state index in [1.54, 1.807) is 14.2 Å². The van der Waals surface area contributed by atoms with Gasteiger partial charge in [-0.1, -0.05) is 0 Å². The van der Waals surface area contributed by atoms with Gasteiger partial charge in [-0.2, -0.15) is 0 Å². The third-order valence-electron chi connectivity index (χ3n) is 3.44. The first-order chi connectivity index (χ1) is 8.74. The summed E-state index contributed by atoms with van der Waals surface area (Å²) in [6.07, 6.45) is 0. The van der Waals surface area contributed by atoms with Crippen molar-refractivity contribution < 1.29 is 9.47 Å². The second-order valence-electron chi connectivity index (χ2n) is 4.56. The molecule has 0 aliphatic carbocycles. The number of nitrogens with zero attached hydrogens (tertiary/aromatic N) is 2. The quantitative estimate of drug-likeness (QED) is 0.810. The first kappa shape index (κ1) is 13.2. The Bertz CT molecular complexity index is 401. The maximum absolute atomic E-state index is 5.40. The molecule has 0 atom stereocenters. The van der Waals surface area contributed by atoms with E-state index in [9.17, 15) is 0 Å². The normalized spacial score (nSPS) is 16.6. The summed E-state index contributed by atoms with van der Waals surface area (Å²) in [5, 5.41) is 4.37. The Kier molecular flexibility index (Phi) is 4.44. The lowest BCUT2D eigenvalue weighted by Gasteiger charge is -2.27. The largest absolute Gasteiger partial charge is 0.497 e. The van der Waals surface area contributed by atoms with Crippen LogP contribution in [0, 0.1) is 6.92 Å². The zero-order valence-electron chi connectivity index (χ0n) is 11.4. The number of rotatable bonds is 4. The average Bonchev–Trinajstić information content (AvgIpc) is 2.42. The molecule has 0 bridgehead atoms. The van der Waals surface area contributed by atoms with E-state index in [0.29, 0.717) is 0 Å². The number of hydrogen-bond acceptors (Lipinski definition) is 3. The molecular weight excluding hydrogens is 228 g/mol. The van der Waals surface area contributed by atoms with E-state index in [2.05, 4.69) is 23.2 Å². The van der Waals surface area contributed by atoms with Crippen molar-refractivity contribution in [1.29, 1.82) is 0 Å². The van der Waals surface area contributed by atoms with E-state index in [0.717, 1.165) is 44.2 Å². The molecule has 99 valence electrons. The smallest absolute Gasteiger partial charge is 0.125 e. The fraction of sp³-hybridized carbons (Fsp3) is 0.571. The third-order valence-corrected chi connectivity index (χ3v) is 3.44. The van der Waals surface area contributed by atoms with E-state index in [1.807, 2.05) is 6.07 Å². The van der Waals surface area contributed by atoms with Gasteiger partial charge in [0.25, 0.3) is 0 Å². The SMILES string of the molecule is COc1cc(CN2CC[N]CC2)c(C)c(OC)c1. The molecule has 0 aromatic heterocycles. The van der Waals surface area contributed by atoms with Crippen molar-refractivity contribution in [2.45, 2.75) is 13.5 Å². The summed E-state index contributed by atoms with van der Waals surface area (Å²) in [7, 11) is 3.39. The van der Waals surface area contributed by atoms with Gasteiger partial charge >= 0.3 is 0 Å². The van der Waals surface area contributed by atoms with Crippen LogP contribution >= 0.6 is 0 Å². The van der Waals surface area contributed by atoms with Gasteiger partial charge in [0.15, 0.2) is 0 Å². The van der Waals surface area contributed by atoms with Crippen LogP contribution in [0.2, 0.25) is 0 Å². The molecule has 1 aromatic carbocycles. The predicted molar refractivity (Wildman–Crippen MR) is 71.4 cm³/mol. The van der Waals surface area contributed by atoms with E-state index in [-0.39, 0.29) is 0 Å². The zero-order chi connectivity index (χ0) is 13.0. The standard InChI is InChI=1S/C14H21N2O2/c1-11-12(10-16-6-4-15-5-7-16)8-13(17-2)9-14(11)18-3/h8-9H,4-7,10H2,1-3H3. The Morgan fingerprint density at radius 3 is 2.50 bits per heavy atom. The Morgan fingerprint density at radius 1 is 1.17 bits per heavy atom. The molecule has 1 saturated heterocycles. The second-order valence-corrected chi connectivity index (χ2v) is 4.56. The Balaban J connectivity index is 2.19. The van der Waals surface area contributed by atoms with Crippen LogP contribution in [-0.4, -0.2) is 45.3 Å². The molecule has 0 N–H and O–H groups in total. The number of benzene rings is 1. The van der Waals surface area contributed by atoms with Crippen molar-refractivity contribution in [3.8, 4) is 11.5 Å². The monoisotopic (exact) mass is 249 g/mol. The second kappa shape index (κ2) is 6.07. The predicted octanol–water partition coefficient (Wildman–Crippen LogP) is 1.43. The Labute approximate surface area is 109 Å². The van der Waals surface area contributed by atoms with Gasteiger partial charge in [-0.3, -0.25) is 4.90 Å². The highest BCUT2D eigenvalue weighted by molar-refractivity contribution is 5.45. The number of piperazine rings is 1. The number of hydrogen-bond donors (Lipinski definition) is 0. The van der Waals surface area contributed by atoms with Crippen molar-refractivity contribution >= 4 is 0 Å². The van der Waals surface area contributed by atoms with Crippen LogP contribution < -0.4 is 14.8 Å².